The van der Waals surface area contributed by atoms with Crippen molar-refractivity contribution in [2.24, 2.45) is 17.8 Å². The van der Waals surface area contributed by atoms with Crippen molar-refractivity contribution in [2.75, 3.05) is 36.0 Å². The van der Waals surface area contributed by atoms with Crippen molar-refractivity contribution >= 4 is 29.3 Å². The fourth-order valence-corrected chi connectivity index (χ4v) is 4.08. The predicted octanol–water partition coefficient (Wildman–Crippen LogP) is 1.16. The number of ether oxygens (including phenoxy) is 1. The topological polar surface area (TPSA) is 99.2 Å². The van der Waals surface area contributed by atoms with E-state index in [9.17, 15) is 23.2 Å². The zero-order valence-electron chi connectivity index (χ0n) is 14.8. The van der Waals surface area contributed by atoms with Crippen molar-refractivity contribution < 1.29 is 33.0 Å². The van der Waals surface area contributed by atoms with Crippen LogP contribution in [0.4, 0.5) is 25.0 Å². The van der Waals surface area contributed by atoms with Crippen LogP contribution in [-0.4, -0.2) is 61.8 Å². The monoisotopic (exact) mass is 395 g/mol. The van der Waals surface area contributed by atoms with Gasteiger partial charge in [-0.15, -0.1) is 0 Å². The summed E-state index contributed by atoms with van der Waals surface area (Å²) in [6.07, 6.45) is -4.41. The van der Waals surface area contributed by atoms with Gasteiger partial charge in [-0.3, -0.25) is 14.5 Å². The molecule has 0 aromatic heterocycles. The molecule has 1 aliphatic carbocycles. The standard InChI is InChI=1S/C18H19F2N3O5/c19-15(20)16(24)21-5-11-6-23(18(27)28-11)10-3-1-9(2-4-10)22-7-12-13(8-22)14(12)17(25)26/h1-4,11-15H,5-8H2,(H,21,24)(H,25,26)/t11-,12-,13+,14?/m0/s1. The van der Waals surface area contributed by atoms with Gasteiger partial charge >= 0.3 is 18.5 Å². The molecule has 1 unspecified atom stereocenters. The van der Waals surface area contributed by atoms with Crippen molar-refractivity contribution in [1.82, 2.24) is 5.32 Å². The number of alkyl halides is 2. The summed E-state index contributed by atoms with van der Waals surface area (Å²) < 4.78 is 29.5. The number of hydrogen-bond donors (Lipinski definition) is 2. The third-order valence-corrected chi connectivity index (χ3v) is 5.58. The summed E-state index contributed by atoms with van der Waals surface area (Å²) in [5.41, 5.74) is 1.55. The molecule has 2 N–H and O–H groups in total. The molecule has 150 valence electrons. The van der Waals surface area contributed by atoms with E-state index in [4.69, 9.17) is 9.84 Å². The molecule has 0 radical (unpaired) electrons. The lowest BCUT2D eigenvalue weighted by Crippen LogP contribution is -2.37. The van der Waals surface area contributed by atoms with Crippen LogP contribution >= 0.6 is 0 Å². The molecule has 0 bridgehead atoms. The second kappa shape index (κ2) is 6.92. The Balaban J connectivity index is 1.32. The predicted molar refractivity (Wildman–Crippen MR) is 93.4 cm³/mol. The summed E-state index contributed by atoms with van der Waals surface area (Å²) in [6, 6.07) is 7.23. The van der Waals surface area contributed by atoms with Gasteiger partial charge in [-0.25, -0.2) is 4.79 Å². The molecule has 4 rings (SSSR count). The Kier molecular flexibility index (Phi) is 4.56. The zero-order chi connectivity index (χ0) is 20.0. The smallest absolute Gasteiger partial charge is 0.414 e. The van der Waals surface area contributed by atoms with Crippen molar-refractivity contribution in [3.63, 3.8) is 0 Å². The number of carbonyl (C=O) groups excluding carboxylic acids is 2. The van der Waals surface area contributed by atoms with Gasteiger partial charge in [-0.05, 0) is 36.1 Å². The van der Waals surface area contributed by atoms with Crippen LogP contribution in [0.3, 0.4) is 0 Å². The largest absolute Gasteiger partial charge is 0.481 e. The lowest BCUT2D eigenvalue weighted by Gasteiger charge is -2.22. The van der Waals surface area contributed by atoms with Gasteiger partial charge in [-0.1, -0.05) is 0 Å². The number of cyclic esters (lactones) is 1. The highest BCUT2D eigenvalue weighted by Gasteiger charge is 2.59. The average Bonchev–Trinajstić information content (AvgIpc) is 2.99. The van der Waals surface area contributed by atoms with E-state index in [2.05, 4.69) is 4.90 Å². The number of hydrogen-bond acceptors (Lipinski definition) is 5. The van der Waals surface area contributed by atoms with Gasteiger partial charge in [0.05, 0.1) is 19.0 Å². The molecule has 2 heterocycles. The number of rotatable bonds is 6. The molecule has 1 aromatic carbocycles. The fraction of sp³-hybridized carbons (Fsp3) is 0.500. The Morgan fingerprint density at radius 2 is 1.75 bits per heavy atom. The molecule has 0 spiro atoms. The van der Waals surface area contributed by atoms with Crippen LogP contribution in [0, 0.1) is 17.8 Å². The molecule has 3 aliphatic rings. The van der Waals surface area contributed by atoms with Crippen molar-refractivity contribution in [3.8, 4) is 0 Å². The molecule has 4 atom stereocenters. The van der Waals surface area contributed by atoms with Crippen LogP contribution in [0.15, 0.2) is 24.3 Å². The minimum absolute atomic E-state index is 0.149. The number of fused-ring (bicyclic) bond motifs is 1. The minimum atomic E-state index is -3.11. The number of halogens is 2. The maximum Gasteiger partial charge on any atom is 0.414 e. The minimum Gasteiger partial charge on any atom is -0.481 e. The number of aliphatic carboxylic acids is 1. The quantitative estimate of drug-likeness (QED) is 0.750. The number of anilines is 2. The SMILES string of the molecule is O=C(NC[C@H]1CN(c2ccc(N3C[C@@H]4C(C(=O)O)[C@@H]4C3)cc2)C(=O)O1)C(F)F. The lowest BCUT2D eigenvalue weighted by molar-refractivity contribution is -0.139. The van der Waals surface area contributed by atoms with E-state index < -0.39 is 30.5 Å². The zero-order valence-corrected chi connectivity index (χ0v) is 14.8. The number of nitrogens with zero attached hydrogens (tertiary/aromatic N) is 2. The van der Waals surface area contributed by atoms with Gasteiger partial charge in [-0.2, -0.15) is 8.78 Å². The Hall–Kier alpha value is -2.91. The Bertz CT molecular complexity index is 791. The summed E-state index contributed by atoms with van der Waals surface area (Å²) in [4.78, 5) is 37.5. The third kappa shape index (κ3) is 3.34. The fourth-order valence-electron chi connectivity index (χ4n) is 4.08. The van der Waals surface area contributed by atoms with Gasteiger partial charge in [0.25, 0.3) is 5.91 Å². The number of carboxylic acids is 1. The van der Waals surface area contributed by atoms with Crippen molar-refractivity contribution in [3.05, 3.63) is 24.3 Å². The maximum absolute atomic E-state index is 12.2. The van der Waals surface area contributed by atoms with E-state index in [0.29, 0.717) is 18.8 Å². The van der Waals surface area contributed by atoms with E-state index in [-0.39, 0.29) is 30.8 Å². The van der Waals surface area contributed by atoms with Gasteiger partial charge in [0.2, 0.25) is 0 Å². The van der Waals surface area contributed by atoms with E-state index >= 15 is 0 Å². The highest BCUT2D eigenvalue weighted by molar-refractivity contribution is 5.90. The van der Waals surface area contributed by atoms with E-state index in [1.54, 1.807) is 12.1 Å². The number of nitrogens with one attached hydrogen (secondary N) is 1. The molecule has 1 saturated carbocycles. The number of carbonyl (C=O) groups is 3. The third-order valence-electron chi connectivity index (χ3n) is 5.58. The van der Waals surface area contributed by atoms with Crippen LogP contribution < -0.4 is 15.1 Å². The first-order valence-electron chi connectivity index (χ1n) is 8.97. The van der Waals surface area contributed by atoms with Gasteiger partial charge in [0.15, 0.2) is 0 Å². The summed E-state index contributed by atoms with van der Waals surface area (Å²) in [5, 5.41) is 11.1. The van der Waals surface area contributed by atoms with Crippen LogP contribution in [0.1, 0.15) is 0 Å². The summed E-state index contributed by atoms with van der Waals surface area (Å²) >= 11 is 0. The first-order valence-corrected chi connectivity index (χ1v) is 8.97. The normalized spacial score (nSPS) is 28.3. The highest BCUT2D eigenvalue weighted by Crippen LogP contribution is 2.52. The van der Waals surface area contributed by atoms with Gasteiger partial charge in [0.1, 0.15) is 6.10 Å². The number of benzene rings is 1. The first-order chi connectivity index (χ1) is 13.3. The molecule has 1 aromatic rings. The van der Waals surface area contributed by atoms with Gasteiger partial charge < -0.3 is 20.1 Å². The first kappa shape index (κ1) is 18.5. The van der Waals surface area contributed by atoms with E-state index in [1.807, 2.05) is 17.4 Å². The molecular weight excluding hydrogens is 376 g/mol. The molecule has 3 fully saturated rings. The second-order valence-corrected chi connectivity index (χ2v) is 7.28. The highest BCUT2D eigenvalue weighted by atomic mass is 19.3. The second-order valence-electron chi connectivity index (χ2n) is 7.28. The summed E-state index contributed by atoms with van der Waals surface area (Å²) in [5.74, 6) is -1.94. The van der Waals surface area contributed by atoms with Gasteiger partial charge in [0, 0.05) is 24.5 Å². The van der Waals surface area contributed by atoms with Crippen LogP contribution in [0.5, 0.6) is 0 Å². The molecular formula is C18H19F2N3O5. The molecule has 2 aliphatic heterocycles. The molecule has 10 heteroatoms. The molecule has 2 saturated heterocycles. The number of piperidine rings is 1. The molecule has 28 heavy (non-hydrogen) atoms. The maximum atomic E-state index is 12.2. The molecule has 8 nitrogen and oxygen atoms in total. The summed E-state index contributed by atoms with van der Waals surface area (Å²) in [6.45, 7) is 1.39. The molecule has 2 amide bonds. The Labute approximate surface area is 159 Å². The van der Waals surface area contributed by atoms with Crippen LogP contribution in [0.2, 0.25) is 0 Å². The van der Waals surface area contributed by atoms with Crippen molar-refractivity contribution in [1.29, 1.82) is 0 Å². The Morgan fingerprint density at radius 1 is 1.14 bits per heavy atom. The van der Waals surface area contributed by atoms with Crippen LogP contribution in [-0.2, 0) is 14.3 Å². The Morgan fingerprint density at radius 3 is 2.32 bits per heavy atom. The lowest BCUT2D eigenvalue weighted by atomic mass is 10.2. The van der Waals surface area contributed by atoms with E-state index in [0.717, 1.165) is 5.69 Å². The van der Waals surface area contributed by atoms with E-state index in [1.165, 1.54) is 4.90 Å². The van der Waals surface area contributed by atoms with Crippen molar-refractivity contribution in [2.45, 2.75) is 12.5 Å². The van der Waals surface area contributed by atoms with Crippen LogP contribution in [0.25, 0.3) is 0 Å². The number of carboxylic acid groups (broad SMARTS) is 1. The number of amides is 2. The average molecular weight is 395 g/mol. The summed E-state index contributed by atoms with van der Waals surface area (Å²) in [7, 11) is 0.